The van der Waals surface area contributed by atoms with Gasteiger partial charge in [0.25, 0.3) is 0 Å². The van der Waals surface area contributed by atoms with Gasteiger partial charge in [0.2, 0.25) is 0 Å². The molecule has 1 aliphatic rings. The third kappa shape index (κ3) is 6.73. The zero-order valence-corrected chi connectivity index (χ0v) is 17.3. The highest BCUT2D eigenvalue weighted by Crippen LogP contribution is 2.36. The molecule has 0 aromatic heterocycles. The highest BCUT2D eigenvalue weighted by molar-refractivity contribution is 5.94. The molecule has 1 fully saturated rings. The van der Waals surface area contributed by atoms with Gasteiger partial charge in [-0.15, -0.1) is 0 Å². The molecule has 3 rings (SSSR count). The van der Waals surface area contributed by atoms with E-state index in [4.69, 9.17) is 28.4 Å². The zero-order valence-electron chi connectivity index (χ0n) is 17.3. The number of esters is 1. The quantitative estimate of drug-likeness (QED) is 0.203. The van der Waals surface area contributed by atoms with Gasteiger partial charge >= 0.3 is 5.97 Å². The number of aryl methyl sites for hydroxylation is 1. The molecule has 1 unspecified atom stereocenters. The van der Waals surface area contributed by atoms with E-state index in [9.17, 15) is 4.79 Å². The highest BCUT2D eigenvalue weighted by atomic mass is 16.6. The fraction of sp³-hybridized carbons (Fsp3) is 0.435. The largest absolute Gasteiger partial charge is 0.490 e. The Labute approximate surface area is 176 Å². The van der Waals surface area contributed by atoms with Crippen LogP contribution in [0.2, 0.25) is 0 Å². The summed E-state index contributed by atoms with van der Waals surface area (Å²) in [7, 11) is 0. The third-order valence-electron chi connectivity index (χ3n) is 4.45. The number of fused-ring (bicyclic) bond motifs is 1. The van der Waals surface area contributed by atoms with Crippen molar-refractivity contribution in [2.45, 2.75) is 13.0 Å². The Morgan fingerprint density at radius 2 is 1.73 bits per heavy atom. The molecule has 1 heterocycles. The number of carbonyl (C=O) groups is 1. The number of benzene rings is 2. The molecule has 1 atom stereocenters. The molecular formula is C23H28O7. The van der Waals surface area contributed by atoms with Crippen LogP contribution in [-0.2, 0) is 23.7 Å². The van der Waals surface area contributed by atoms with Crippen molar-refractivity contribution in [2.24, 2.45) is 0 Å². The first-order valence-corrected chi connectivity index (χ1v) is 10.0. The summed E-state index contributed by atoms with van der Waals surface area (Å²) < 4.78 is 32.9. The van der Waals surface area contributed by atoms with Gasteiger partial charge in [-0.25, -0.2) is 4.79 Å². The van der Waals surface area contributed by atoms with Crippen molar-refractivity contribution in [1.82, 2.24) is 0 Å². The topological polar surface area (TPSA) is 75.8 Å². The van der Waals surface area contributed by atoms with Gasteiger partial charge in [-0.2, -0.15) is 0 Å². The van der Waals surface area contributed by atoms with Gasteiger partial charge in [0.15, 0.2) is 0 Å². The Morgan fingerprint density at radius 3 is 2.43 bits per heavy atom. The minimum absolute atomic E-state index is 0.202. The Morgan fingerprint density at radius 1 is 1.07 bits per heavy atom. The molecule has 1 aliphatic heterocycles. The van der Waals surface area contributed by atoms with Gasteiger partial charge < -0.3 is 28.4 Å². The number of carbonyl (C=O) groups excluding carboxylic acids is 1. The normalized spacial score (nSPS) is 15.0. The van der Waals surface area contributed by atoms with Crippen molar-refractivity contribution in [3.05, 3.63) is 48.6 Å². The second kappa shape index (κ2) is 11.5. The Hall–Kier alpha value is -2.61. The van der Waals surface area contributed by atoms with E-state index in [1.54, 1.807) is 0 Å². The predicted octanol–water partition coefficient (Wildman–Crippen LogP) is 3.07. The van der Waals surface area contributed by atoms with Gasteiger partial charge in [-0.05, 0) is 18.6 Å². The van der Waals surface area contributed by atoms with Gasteiger partial charge in [-0.3, -0.25) is 0 Å². The molecule has 0 radical (unpaired) electrons. The smallest absolute Gasteiger partial charge is 0.330 e. The van der Waals surface area contributed by atoms with Crippen LogP contribution in [0, 0.1) is 6.92 Å². The van der Waals surface area contributed by atoms with Crippen molar-refractivity contribution in [2.75, 3.05) is 52.9 Å². The predicted molar refractivity (Wildman–Crippen MR) is 112 cm³/mol. The van der Waals surface area contributed by atoms with Crippen molar-refractivity contribution < 1.29 is 33.2 Å². The third-order valence-corrected chi connectivity index (χ3v) is 4.45. The summed E-state index contributed by atoms with van der Waals surface area (Å²) in [4.78, 5) is 10.9. The molecule has 0 saturated carbocycles. The summed E-state index contributed by atoms with van der Waals surface area (Å²) in [6.07, 6.45) is 1.33. The Kier molecular flexibility index (Phi) is 8.50. The maximum atomic E-state index is 10.9. The van der Waals surface area contributed by atoms with Crippen molar-refractivity contribution in [1.29, 1.82) is 0 Å². The number of epoxide rings is 1. The molecule has 0 spiro atoms. The van der Waals surface area contributed by atoms with Gasteiger partial charge in [-0.1, -0.05) is 30.8 Å². The molecule has 1 saturated heterocycles. The standard InChI is InChI=1S/C23H28O7/c1-3-22(24)27-12-10-25-8-9-26-11-13-28-23-17(2)14-21(30-16-18-15-29-18)19-6-4-5-7-20(19)23/h3-7,14,18H,1,8-13,15-16H2,2H3. The molecule has 0 bridgehead atoms. The number of rotatable bonds is 14. The molecule has 7 nitrogen and oxygen atoms in total. The molecular weight excluding hydrogens is 388 g/mol. The first kappa shape index (κ1) is 22.1. The molecule has 30 heavy (non-hydrogen) atoms. The summed E-state index contributed by atoms with van der Waals surface area (Å²) in [6.45, 7) is 8.93. The molecule has 0 aliphatic carbocycles. The van der Waals surface area contributed by atoms with Crippen LogP contribution in [0.1, 0.15) is 5.56 Å². The van der Waals surface area contributed by atoms with Crippen LogP contribution in [-0.4, -0.2) is 64.9 Å². The van der Waals surface area contributed by atoms with Crippen LogP contribution < -0.4 is 9.47 Å². The highest BCUT2D eigenvalue weighted by Gasteiger charge is 2.23. The lowest BCUT2D eigenvalue weighted by molar-refractivity contribution is -0.139. The molecule has 2 aromatic rings. The van der Waals surface area contributed by atoms with E-state index >= 15 is 0 Å². The van der Waals surface area contributed by atoms with E-state index < -0.39 is 5.97 Å². The fourth-order valence-electron chi connectivity index (χ4n) is 2.89. The van der Waals surface area contributed by atoms with Crippen molar-refractivity contribution in [3.8, 4) is 11.5 Å². The molecule has 0 N–H and O–H groups in total. The molecule has 2 aromatic carbocycles. The summed E-state index contributed by atoms with van der Waals surface area (Å²) in [5.74, 6) is 1.23. The Bertz CT molecular complexity index is 845. The lowest BCUT2D eigenvalue weighted by Crippen LogP contribution is -2.14. The van der Waals surface area contributed by atoms with E-state index in [1.165, 1.54) is 0 Å². The number of hydrogen-bond acceptors (Lipinski definition) is 7. The monoisotopic (exact) mass is 416 g/mol. The minimum Gasteiger partial charge on any atom is -0.490 e. The average molecular weight is 416 g/mol. The lowest BCUT2D eigenvalue weighted by atomic mass is 10.0. The molecule has 162 valence electrons. The van der Waals surface area contributed by atoms with Gasteiger partial charge in [0, 0.05) is 16.8 Å². The maximum absolute atomic E-state index is 10.9. The zero-order chi connectivity index (χ0) is 21.2. The van der Waals surface area contributed by atoms with Crippen LogP contribution in [0.5, 0.6) is 11.5 Å². The van der Waals surface area contributed by atoms with Crippen LogP contribution >= 0.6 is 0 Å². The van der Waals surface area contributed by atoms with E-state index in [2.05, 4.69) is 6.58 Å². The lowest BCUT2D eigenvalue weighted by Gasteiger charge is -2.16. The number of hydrogen-bond donors (Lipinski definition) is 0. The molecule has 0 amide bonds. The van der Waals surface area contributed by atoms with Crippen LogP contribution in [0.15, 0.2) is 43.0 Å². The van der Waals surface area contributed by atoms with E-state index in [-0.39, 0.29) is 12.7 Å². The molecule has 7 heteroatoms. The van der Waals surface area contributed by atoms with Crippen molar-refractivity contribution >= 4 is 16.7 Å². The average Bonchev–Trinajstić information content (AvgIpc) is 3.59. The summed E-state index contributed by atoms with van der Waals surface area (Å²) in [5, 5.41) is 2.03. The summed E-state index contributed by atoms with van der Waals surface area (Å²) in [6, 6.07) is 10.1. The SMILES string of the molecule is C=CC(=O)OCCOCCOCCOc1c(C)cc(OCC2CO2)c2ccccc12. The van der Waals surface area contributed by atoms with E-state index in [0.29, 0.717) is 39.6 Å². The van der Waals surface area contributed by atoms with E-state index in [1.807, 2.05) is 37.3 Å². The first-order valence-electron chi connectivity index (χ1n) is 10.0. The summed E-state index contributed by atoms with van der Waals surface area (Å²) >= 11 is 0. The summed E-state index contributed by atoms with van der Waals surface area (Å²) in [5.41, 5.74) is 1.01. The van der Waals surface area contributed by atoms with Crippen LogP contribution in [0.4, 0.5) is 0 Å². The number of ether oxygens (including phenoxy) is 6. The van der Waals surface area contributed by atoms with Crippen molar-refractivity contribution in [3.63, 3.8) is 0 Å². The van der Waals surface area contributed by atoms with Crippen LogP contribution in [0.25, 0.3) is 10.8 Å². The van der Waals surface area contributed by atoms with Crippen LogP contribution in [0.3, 0.4) is 0 Å². The first-order chi connectivity index (χ1) is 14.7. The fourth-order valence-corrected chi connectivity index (χ4v) is 2.89. The Balaban J connectivity index is 1.40. The minimum atomic E-state index is -0.452. The van der Waals surface area contributed by atoms with E-state index in [0.717, 1.165) is 40.5 Å². The maximum Gasteiger partial charge on any atom is 0.330 e. The second-order valence-electron chi connectivity index (χ2n) is 6.78. The second-order valence-corrected chi connectivity index (χ2v) is 6.78. The van der Waals surface area contributed by atoms with Gasteiger partial charge in [0.05, 0.1) is 33.0 Å². The van der Waals surface area contributed by atoms with Gasteiger partial charge in [0.1, 0.15) is 37.4 Å².